The van der Waals surface area contributed by atoms with Gasteiger partial charge in [0.25, 0.3) is 0 Å². The molecule has 4 rings (SSSR count). The number of furan rings is 1. The third kappa shape index (κ3) is 4.07. The first-order valence-corrected chi connectivity index (χ1v) is 9.35. The zero-order valence-electron chi connectivity index (χ0n) is 15.3. The summed E-state index contributed by atoms with van der Waals surface area (Å²) >= 11 is 5.44. The lowest BCUT2D eigenvalue weighted by molar-refractivity contribution is 0.0563. The summed E-state index contributed by atoms with van der Waals surface area (Å²) in [6.07, 6.45) is 5.47. The van der Waals surface area contributed by atoms with Gasteiger partial charge in [-0.3, -0.25) is 4.68 Å². The Hall–Kier alpha value is -3.13. The maximum absolute atomic E-state index is 11.4. The van der Waals surface area contributed by atoms with Crippen LogP contribution in [0.5, 0.6) is 0 Å². The molecule has 1 aliphatic rings. The van der Waals surface area contributed by atoms with Gasteiger partial charge in [-0.05, 0) is 48.3 Å². The largest absolute Gasteiger partial charge is 0.463 e. The molecule has 28 heavy (non-hydrogen) atoms. The standard InChI is InChI=1S/C20H20N4O3S/c1-26-19(25)18-7-6-17(27-18)12-24-11-16(10-21-24)23-20(28)22-15-8-13-4-2-3-5-14(13)9-15/h2-7,10-11,15H,8-9,12H2,1H3,(H2,22,23,28). The Kier molecular flexibility index (Phi) is 5.12. The van der Waals surface area contributed by atoms with Crippen LogP contribution in [-0.2, 0) is 24.1 Å². The number of fused-ring (bicyclic) bond motifs is 1. The van der Waals surface area contributed by atoms with Crippen LogP contribution in [0.25, 0.3) is 0 Å². The Balaban J connectivity index is 1.30. The second-order valence-corrected chi connectivity index (χ2v) is 7.06. The van der Waals surface area contributed by atoms with Crippen LogP contribution in [0, 0.1) is 0 Å². The van der Waals surface area contributed by atoms with Crippen molar-refractivity contribution in [3.05, 3.63) is 71.4 Å². The lowest BCUT2D eigenvalue weighted by atomic mass is 10.1. The maximum Gasteiger partial charge on any atom is 0.373 e. The summed E-state index contributed by atoms with van der Waals surface area (Å²) in [5, 5.41) is 11.4. The van der Waals surface area contributed by atoms with Gasteiger partial charge in [0.15, 0.2) is 5.11 Å². The van der Waals surface area contributed by atoms with Crippen molar-refractivity contribution in [1.29, 1.82) is 0 Å². The Labute approximate surface area is 167 Å². The topological polar surface area (TPSA) is 81.3 Å². The number of carbonyl (C=O) groups excluding carboxylic acids is 1. The van der Waals surface area contributed by atoms with Gasteiger partial charge in [0.1, 0.15) is 5.76 Å². The van der Waals surface area contributed by atoms with Gasteiger partial charge in [-0.15, -0.1) is 0 Å². The van der Waals surface area contributed by atoms with E-state index in [9.17, 15) is 4.79 Å². The van der Waals surface area contributed by atoms with Gasteiger partial charge in [0.05, 0.1) is 25.5 Å². The summed E-state index contributed by atoms with van der Waals surface area (Å²) < 4.78 is 11.8. The van der Waals surface area contributed by atoms with Crippen LogP contribution in [0.3, 0.4) is 0 Å². The third-order valence-corrected chi connectivity index (χ3v) is 4.86. The number of esters is 1. The highest BCUT2D eigenvalue weighted by atomic mass is 32.1. The van der Waals surface area contributed by atoms with Crippen molar-refractivity contribution < 1.29 is 13.9 Å². The number of hydrogen-bond acceptors (Lipinski definition) is 5. The molecule has 8 heteroatoms. The number of rotatable bonds is 5. The molecule has 7 nitrogen and oxygen atoms in total. The monoisotopic (exact) mass is 396 g/mol. The molecule has 0 saturated heterocycles. The van der Waals surface area contributed by atoms with E-state index in [1.54, 1.807) is 23.0 Å². The van der Waals surface area contributed by atoms with E-state index < -0.39 is 5.97 Å². The molecular formula is C20H20N4O3S. The van der Waals surface area contributed by atoms with E-state index in [4.69, 9.17) is 16.6 Å². The van der Waals surface area contributed by atoms with E-state index in [-0.39, 0.29) is 5.76 Å². The van der Waals surface area contributed by atoms with Crippen molar-refractivity contribution in [1.82, 2.24) is 15.1 Å². The normalized spacial score (nSPS) is 13.2. The molecule has 0 aliphatic heterocycles. The number of aromatic nitrogens is 2. The van der Waals surface area contributed by atoms with Gasteiger partial charge in [0, 0.05) is 12.2 Å². The van der Waals surface area contributed by atoms with Crippen molar-refractivity contribution in [2.24, 2.45) is 0 Å². The molecule has 0 amide bonds. The maximum atomic E-state index is 11.4. The summed E-state index contributed by atoms with van der Waals surface area (Å²) in [5.74, 6) is 0.282. The number of nitrogens with zero attached hydrogens (tertiary/aromatic N) is 2. The molecule has 2 heterocycles. The molecule has 2 N–H and O–H groups in total. The third-order valence-electron chi connectivity index (χ3n) is 4.64. The van der Waals surface area contributed by atoms with E-state index in [0.29, 0.717) is 23.5 Å². The van der Waals surface area contributed by atoms with E-state index in [0.717, 1.165) is 18.5 Å². The lowest BCUT2D eigenvalue weighted by Crippen LogP contribution is -2.38. The second-order valence-electron chi connectivity index (χ2n) is 6.66. The Morgan fingerprint density at radius 2 is 2.04 bits per heavy atom. The first-order chi connectivity index (χ1) is 13.6. The molecular weight excluding hydrogens is 376 g/mol. The molecule has 0 saturated carbocycles. The minimum atomic E-state index is -0.500. The number of benzene rings is 1. The Morgan fingerprint density at radius 1 is 1.29 bits per heavy atom. The minimum absolute atomic E-state index is 0.172. The van der Waals surface area contributed by atoms with E-state index >= 15 is 0 Å². The van der Waals surface area contributed by atoms with Crippen LogP contribution in [0.15, 0.2) is 53.2 Å². The molecule has 0 bridgehead atoms. The van der Waals surface area contributed by atoms with Crippen LogP contribution in [0.1, 0.15) is 27.4 Å². The molecule has 0 atom stereocenters. The Bertz CT molecular complexity index is 985. The number of nitrogens with one attached hydrogen (secondary N) is 2. The van der Waals surface area contributed by atoms with Crippen LogP contribution in [0.4, 0.5) is 5.69 Å². The van der Waals surface area contributed by atoms with E-state index in [1.165, 1.54) is 18.2 Å². The van der Waals surface area contributed by atoms with Crippen LogP contribution in [0.2, 0.25) is 0 Å². The quantitative estimate of drug-likeness (QED) is 0.507. The van der Waals surface area contributed by atoms with Crippen molar-refractivity contribution in [3.63, 3.8) is 0 Å². The van der Waals surface area contributed by atoms with Crippen molar-refractivity contribution in [2.75, 3.05) is 12.4 Å². The molecule has 0 radical (unpaired) electrons. The zero-order valence-corrected chi connectivity index (χ0v) is 16.2. The first kappa shape index (κ1) is 18.2. The number of anilines is 1. The van der Waals surface area contributed by atoms with Crippen molar-refractivity contribution in [3.8, 4) is 0 Å². The summed E-state index contributed by atoms with van der Waals surface area (Å²) in [6, 6.07) is 12.1. The number of thiocarbonyl (C=S) groups is 1. The molecule has 2 aromatic heterocycles. The van der Waals surface area contributed by atoms with Gasteiger partial charge < -0.3 is 19.8 Å². The van der Waals surface area contributed by atoms with Crippen LogP contribution >= 0.6 is 12.2 Å². The number of ether oxygens (including phenoxy) is 1. The SMILES string of the molecule is COC(=O)c1ccc(Cn2cc(NC(=S)NC3Cc4ccccc4C3)cn2)o1. The number of methoxy groups -OCH3 is 1. The summed E-state index contributed by atoms with van der Waals surface area (Å²) in [6.45, 7) is 0.400. The van der Waals surface area contributed by atoms with Crippen molar-refractivity contribution in [2.45, 2.75) is 25.4 Å². The molecule has 0 unspecified atom stereocenters. The molecule has 1 aliphatic carbocycles. The fourth-order valence-corrected chi connectivity index (χ4v) is 3.65. The fraction of sp³-hybridized carbons (Fsp3) is 0.250. The zero-order chi connectivity index (χ0) is 19.5. The molecule has 1 aromatic carbocycles. The van der Waals surface area contributed by atoms with Gasteiger partial charge in [-0.1, -0.05) is 24.3 Å². The van der Waals surface area contributed by atoms with Gasteiger partial charge in [0.2, 0.25) is 5.76 Å². The van der Waals surface area contributed by atoms with Crippen molar-refractivity contribution >= 4 is 29.0 Å². The van der Waals surface area contributed by atoms with E-state index in [1.807, 2.05) is 6.20 Å². The highest BCUT2D eigenvalue weighted by Gasteiger charge is 2.21. The minimum Gasteiger partial charge on any atom is -0.463 e. The second kappa shape index (κ2) is 7.85. The highest BCUT2D eigenvalue weighted by molar-refractivity contribution is 7.80. The molecule has 144 valence electrons. The number of hydrogen-bond donors (Lipinski definition) is 2. The summed E-state index contributed by atoms with van der Waals surface area (Å²) in [5.41, 5.74) is 3.54. The highest BCUT2D eigenvalue weighted by Crippen LogP contribution is 2.21. The average Bonchev–Trinajstić information content (AvgIpc) is 3.41. The molecule has 0 fully saturated rings. The Morgan fingerprint density at radius 3 is 2.75 bits per heavy atom. The summed E-state index contributed by atoms with van der Waals surface area (Å²) in [7, 11) is 1.32. The van der Waals surface area contributed by atoms with Gasteiger partial charge >= 0.3 is 5.97 Å². The predicted octanol–water partition coefficient (Wildman–Crippen LogP) is 2.76. The predicted molar refractivity (Wildman–Crippen MR) is 108 cm³/mol. The lowest BCUT2D eigenvalue weighted by Gasteiger charge is -2.14. The van der Waals surface area contributed by atoms with Crippen LogP contribution < -0.4 is 10.6 Å². The van der Waals surface area contributed by atoms with Gasteiger partial charge in [-0.25, -0.2) is 4.79 Å². The summed E-state index contributed by atoms with van der Waals surface area (Å²) in [4.78, 5) is 11.4. The van der Waals surface area contributed by atoms with Crippen LogP contribution in [-0.4, -0.2) is 34.0 Å². The number of carbonyl (C=O) groups is 1. The molecule has 3 aromatic rings. The van der Waals surface area contributed by atoms with Gasteiger partial charge in [-0.2, -0.15) is 5.10 Å². The fourth-order valence-electron chi connectivity index (χ4n) is 3.36. The first-order valence-electron chi connectivity index (χ1n) is 8.94. The molecule has 0 spiro atoms. The smallest absolute Gasteiger partial charge is 0.373 e. The van der Waals surface area contributed by atoms with E-state index in [2.05, 4.69) is 44.7 Å². The average molecular weight is 396 g/mol.